The van der Waals surface area contributed by atoms with Crippen LogP contribution in [-0.2, 0) is 32.0 Å². The van der Waals surface area contributed by atoms with Crippen LogP contribution in [0.1, 0.15) is 32.0 Å². The molecule has 0 fully saturated rings. The van der Waals surface area contributed by atoms with Crippen LogP contribution in [0.4, 0.5) is 0 Å². The molecular weight excluding hydrogens is 456 g/mol. The van der Waals surface area contributed by atoms with E-state index in [2.05, 4.69) is 25.9 Å². The Hall–Kier alpha value is -3.93. The van der Waals surface area contributed by atoms with E-state index in [-0.39, 0.29) is 24.5 Å². The van der Waals surface area contributed by atoms with Gasteiger partial charge in [0.05, 0.1) is 12.4 Å². The van der Waals surface area contributed by atoms with Crippen molar-refractivity contribution in [3.05, 3.63) is 48.0 Å². The molecule has 1 aromatic carbocycles. The van der Waals surface area contributed by atoms with Crippen LogP contribution in [0.5, 0.6) is 5.75 Å². The molecule has 2 rings (SSSR count). The molecule has 0 aliphatic carbocycles. The van der Waals surface area contributed by atoms with Crippen LogP contribution in [0.15, 0.2) is 36.8 Å². The second kappa shape index (κ2) is 12.5. The largest absolute Gasteiger partial charge is 0.508 e. The van der Waals surface area contributed by atoms with Gasteiger partial charge in [0.2, 0.25) is 17.7 Å². The summed E-state index contributed by atoms with van der Waals surface area (Å²) in [6.07, 6.45) is 3.12. The van der Waals surface area contributed by atoms with Gasteiger partial charge < -0.3 is 36.9 Å². The van der Waals surface area contributed by atoms with Gasteiger partial charge in [-0.05, 0) is 37.0 Å². The number of imidazole rings is 1. The van der Waals surface area contributed by atoms with Gasteiger partial charge in [0, 0.05) is 18.3 Å². The fourth-order valence-corrected chi connectivity index (χ4v) is 3.25. The quantitative estimate of drug-likeness (QED) is 0.206. The summed E-state index contributed by atoms with van der Waals surface area (Å²) in [5.74, 6) is -3.38. The summed E-state index contributed by atoms with van der Waals surface area (Å²) in [5, 5.41) is 26.3. The minimum Gasteiger partial charge on any atom is -0.508 e. The number of phenols is 1. The maximum Gasteiger partial charge on any atom is 0.326 e. The summed E-state index contributed by atoms with van der Waals surface area (Å²) in [5.41, 5.74) is 7.23. The van der Waals surface area contributed by atoms with Crippen molar-refractivity contribution in [3.63, 3.8) is 0 Å². The first kappa shape index (κ1) is 27.3. The Morgan fingerprint density at radius 3 is 2.17 bits per heavy atom. The molecule has 0 aliphatic heterocycles. The van der Waals surface area contributed by atoms with Gasteiger partial charge in [-0.25, -0.2) is 9.78 Å². The lowest BCUT2D eigenvalue weighted by atomic mass is 10.0. The normalized spacial score (nSPS) is 14.4. The molecule has 0 saturated heterocycles. The van der Waals surface area contributed by atoms with Gasteiger partial charge in [-0.15, -0.1) is 0 Å². The number of aromatic nitrogens is 2. The topological polar surface area (TPSA) is 200 Å². The average Bonchev–Trinajstić information content (AvgIpc) is 3.30. The number of aromatic amines is 1. The number of aromatic hydroxyl groups is 1. The van der Waals surface area contributed by atoms with Gasteiger partial charge in [-0.3, -0.25) is 14.4 Å². The summed E-state index contributed by atoms with van der Waals surface area (Å²) >= 11 is 0. The number of carboxylic acid groups (broad SMARTS) is 1. The number of hydrogen-bond donors (Lipinski definition) is 7. The summed E-state index contributed by atoms with van der Waals surface area (Å²) in [4.78, 5) is 56.3. The van der Waals surface area contributed by atoms with Crippen LogP contribution in [-0.4, -0.2) is 68.0 Å². The van der Waals surface area contributed by atoms with Gasteiger partial charge in [-0.1, -0.05) is 26.0 Å². The zero-order chi connectivity index (χ0) is 26.1. The van der Waals surface area contributed by atoms with Crippen molar-refractivity contribution in [2.75, 3.05) is 0 Å². The number of rotatable bonds is 12. The summed E-state index contributed by atoms with van der Waals surface area (Å²) < 4.78 is 0. The van der Waals surface area contributed by atoms with Crippen molar-refractivity contribution in [2.24, 2.45) is 11.7 Å². The smallest absolute Gasteiger partial charge is 0.326 e. The molecule has 4 atom stereocenters. The maximum atomic E-state index is 12.9. The summed E-state index contributed by atoms with van der Waals surface area (Å²) in [7, 11) is 0. The molecule has 4 unspecified atom stereocenters. The number of carbonyl (C=O) groups excluding carboxylic acids is 3. The Kier molecular flexibility index (Phi) is 9.76. The Bertz CT molecular complexity index is 1010. The molecule has 1 aromatic heterocycles. The average molecular weight is 489 g/mol. The van der Waals surface area contributed by atoms with E-state index in [1.54, 1.807) is 26.0 Å². The molecule has 0 spiro atoms. The first-order valence-electron chi connectivity index (χ1n) is 11.1. The van der Waals surface area contributed by atoms with E-state index in [0.29, 0.717) is 5.69 Å². The first-order valence-corrected chi connectivity index (χ1v) is 11.1. The van der Waals surface area contributed by atoms with Crippen molar-refractivity contribution in [1.82, 2.24) is 25.9 Å². The molecule has 0 saturated carbocycles. The second-order valence-electron chi connectivity index (χ2n) is 8.62. The SMILES string of the molecule is CC(NC(=O)C(N)Cc1ccc(O)cc1)C(=O)NC(Cc1cnc[nH]1)C(=O)NC(C(=O)O)C(C)C. The van der Waals surface area contributed by atoms with Crippen LogP contribution in [0.25, 0.3) is 0 Å². The van der Waals surface area contributed by atoms with Gasteiger partial charge >= 0.3 is 5.97 Å². The van der Waals surface area contributed by atoms with E-state index in [1.165, 1.54) is 31.6 Å². The van der Waals surface area contributed by atoms with Crippen molar-refractivity contribution in [1.29, 1.82) is 0 Å². The highest BCUT2D eigenvalue weighted by Gasteiger charge is 2.30. The zero-order valence-corrected chi connectivity index (χ0v) is 19.8. The zero-order valence-electron chi connectivity index (χ0n) is 19.8. The highest BCUT2D eigenvalue weighted by Crippen LogP contribution is 2.11. The minimum atomic E-state index is -1.19. The van der Waals surface area contributed by atoms with Gasteiger partial charge in [0.1, 0.15) is 23.9 Å². The fraction of sp³-hybridized carbons (Fsp3) is 0.435. The maximum absolute atomic E-state index is 12.9. The molecule has 12 heteroatoms. The highest BCUT2D eigenvalue weighted by atomic mass is 16.4. The van der Waals surface area contributed by atoms with Gasteiger partial charge in [0.25, 0.3) is 0 Å². The molecule has 2 aromatic rings. The molecule has 0 bridgehead atoms. The van der Waals surface area contributed by atoms with Crippen LogP contribution in [0.3, 0.4) is 0 Å². The third-order valence-electron chi connectivity index (χ3n) is 5.32. The monoisotopic (exact) mass is 488 g/mol. The predicted octanol–water partition coefficient (Wildman–Crippen LogP) is -0.557. The third kappa shape index (κ3) is 8.41. The van der Waals surface area contributed by atoms with Gasteiger partial charge in [-0.2, -0.15) is 0 Å². The molecule has 8 N–H and O–H groups in total. The number of nitrogens with zero attached hydrogens (tertiary/aromatic N) is 1. The lowest BCUT2D eigenvalue weighted by Gasteiger charge is -2.24. The molecule has 12 nitrogen and oxygen atoms in total. The van der Waals surface area contributed by atoms with Crippen molar-refractivity contribution < 1.29 is 29.4 Å². The predicted molar refractivity (Wildman–Crippen MR) is 126 cm³/mol. The van der Waals surface area contributed by atoms with Crippen LogP contribution < -0.4 is 21.7 Å². The Balaban J connectivity index is 2.02. The molecular formula is C23H32N6O6. The molecule has 35 heavy (non-hydrogen) atoms. The lowest BCUT2D eigenvalue weighted by Crippen LogP contribution is -2.57. The number of nitrogens with one attached hydrogen (secondary N) is 4. The van der Waals surface area contributed by atoms with E-state index in [1.807, 2.05) is 0 Å². The van der Waals surface area contributed by atoms with Crippen LogP contribution in [0, 0.1) is 5.92 Å². The summed E-state index contributed by atoms with van der Waals surface area (Å²) in [6, 6.07) is 2.02. The highest BCUT2D eigenvalue weighted by molar-refractivity contribution is 5.94. The number of hydrogen-bond acceptors (Lipinski definition) is 7. The molecule has 3 amide bonds. The lowest BCUT2D eigenvalue weighted by molar-refractivity contribution is -0.143. The van der Waals surface area contributed by atoms with Gasteiger partial charge in [0.15, 0.2) is 0 Å². The van der Waals surface area contributed by atoms with E-state index in [4.69, 9.17) is 5.73 Å². The van der Waals surface area contributed by atoms with E-state index < -0.39 is 47.9 Å². The van der Waals surface area contributed by atoms with Crippen LogP contribution >= 0.6 is 0 Å². The fourth-order valence-electron chi connectivity index (χ4n) is 3.25. The number of phenolic OH excluding ortho intramolecular Hbond substituents is 1. The number of aliphatic carboxylic acids is 1. The third-order valence-corrected chi connectivity index (χ3v) is 5.32. The first-order chi connectivity index (χ1) is 16.5. The number of amides is 3. The van der Waals surface area contributed by atoms with E-state index in [9.17, 15) is 29.4 Å². The molecule has 190 valence electrons. The molecule has 0 radical (unpaired) electrons. The Morgan fingerprint density at radius 1 is 0.971 bits per heavy atom. The molecule has 1 heterocycles. The standard InChI is InChI=1S/C23H32N6O6/c1-12(2)19(23(34)35)29-22(33)18(9-15-10-25-11-26-15)28-20(31)13(3)27-21(32)17(24)8-14-4-6-16(30)7-5-14/h4-7,10-13,17-19,30H,8-9,24H2,1-3H3,(H,25,26)(H,27,32)(H,28,31)(H,29,33)(H,34,35). The van der Waals surface area contributed by atoms with E-state index >= 15 is 0 Å². The van der Waals surface area contributed by atoms with Crippen molar-refractivity contribution >= 4 is 23.7 Å². The molecule has 0 aliphatic rings. The summed E-state index contributed by atoms with van der Waals surface area (Å²) in [6.45, 7) is 4.75. The number of nitrogens with two attached hydrogens (primary N) is 1. The van der Waals surface area contributed by atoms with Crippen molar-refractivity contribution in [2.45, 2.75) is 57.8 Å². The number of H-pyrrole nitrogens is 1. The number of carbonyl (C=O) groups is 4. The van der Waals surface area contributed by atoms with Crippen molar-refractivity contribution in [3.8, 4) is 5.75 Å². The second-order valence-corrected chi connectivity index (χ2v) is 8.62. The van der Waals surface area contributed by atoms with E-state index in [0.717, 1.165) is 5.56 Å². The number of carboxylic acids is 1. The minimum absolute atomic E-state index is 0.0308. The Morgan fingerprint density at radius 2 is 1.63 bits per heavy atom. The number of benzene rings is 1. The van der Waals surface area contributed by atoms with Crippen LogP contribution in [0.2, 0.25) is 0 Å². The Labute approximate surface area is 202 Å².